The van der Waals surface area contributed by atoms with Crippen LogP contribution in [0.3, 0.4) is 0 Å². The van der Waals surface area contributed by atoms with Gasteiger partial charge in [-0.1, -0.05) is 6.07 Å². The molecule has 0 saturated carbocycles. The fourth-order valence-corrected chi connectivity index (χ4v) is 1.36. The molecular weight excluding hydrogens is 218 g/mol. The van der Waals surface area contributed by atoms with E-state index in [2.05, 4.69) is 28.2 Å². The second-order valence-electron chi connectivity index (χ2n) is 2.72. The molecule has 0 radical (unpaired) electrons. The van der Waals surface area contributed by atoms with Gasteiger partial charge in [-0.3, -0.25) is 0 Å². The standard InChI is InChI=1S/C9H12BrNO/c1-6(11-2)7-3-4-9(12)8(10)5-7/h3-6,11-12H,1-2H3/t6-/m0/s1. The number of phenolic OH excluding ortho intramolecular Hbond substituents is 1. The van der Waals surface area contributed by atoms with Crippen LogP contribution in [0.25, 0.3) is 0 Å². The zero-order valence-corrected chi connectivity index (χ0v) is 8.72. The lowest BCUT2D eigenvalue weighted by Crippen LogP contribution is -2.11. The van der Waals surface area contributed by atoms with Crippen molar-refractivity contribution >= 4 is 15.9 Å². The van der Waals surface area contributed by atoms with E-state index in [-0.39, 0.29) is 5.75 Å². The predicted octanol–water partition coefficient (Wildman–Crippen LogP) is 2.44. The molecule has 0 aromatic heterocycles. The molecule has 1 aromatic carbocycles. The minimum absolute atomic E-state index is 0.280. The Bertz CT molecular complexity index is 275. The summed E-state index contributed by atoms with van der Waals surface area (Å²) in [5.41, 5.74) is 1.15. The molecule has 0 saturated heterocycles. The van der Waals surface area contributed by atoms with Crippen molar-refractivity contribution < 1.29 is 5.11 Å². The maximum absolute atomic E-state index is 9.23. The van der Waals surface area contributed by atoms with Gasteiger partial charge in [0.1, 0.15) is 5.75 Å². The first-order chi connectivity index (χ1) is 5.65. The van der Waals surface area contributed by atoms with Crippen molar-refractivity contribution in [2.75, 3.05) is 7.05 Å². The highest BCUT2D eigenvalue weighted by molar-refractivity contribution is 9.10. The Morgan fingerprint density at radius 1 is 1.50 bits per heavy atom. The van der Waals surface area contributed by atoms with E-state index in [1.807, 2.05) is 19.2 Å². The Morgan fingerprint density at radius 3 is 2.67 bits per heavy atom. The van der Waals surface area contributed by atoms with Gasteiger partial charge < -0.3 is 10.4 Å². The zero-order chi connectivity index (χ0) is 9.14. The van der Waals surface area contributed by atoms with E-state index >= 15 is 0 Å². The largest absolute Gasteiger partial charge is 0.507 e. The first-order valence-corrected chi connectivity index (χ1v) is 4.60. The Hall–Kier alpha value is -0.540. The normalized spacial score (nSPS) is 12.9. The second kappa shape index (κ2) is 3.92. The summed E-state index contributed by atoms with van der Waals surface area (Å²) in [4.78, 5) is 0. The van der Waals surface area contributed by atoms with Crippen LogP contribution in [0, 0.1) is 0 Å². The van der Waals surface area contributed by atoms with E-state index < -0.39 is 0 Å². The average molecular weight is 230 g/mol. The van der Waals surface area contributed by atoms with Crippen LogP contribution in [0.2, 0.25) is 0 Å². The molecule has 0 aliphatic carbocycles. The smallest absolute Gasteiger partial charge is 0.129 e. The summed E-state index contributed by atoms with van der Waals surface area (Å²) in [5.74, 6) is 0.280. The summed E-state index contributed by atoms with van der Waals surface area (Å²) in [5, 5.41) is 12.4. The van der Waals surface area contributed by atoms with Crippen LogP contribution in [0.15, 0.2) is 22.7 Å². The second-order valence-corrected chi connectivity index (χ2v) is 3.58. The zero-order valence-electron chi connectivity index (χ0n) is 7.13. The first-order valence-electron chi connectivity index (χ1n) is 3.81. The lowest BCUT2D eigenvalue weighted by Gasteiger charge is -2.10. The van der Waals surface area contributed by atoms with Gasteiger partial charge in [-0.15, -0.1) is 0 Å². The average Bonchev–Trinajstić information content (AvgIpc) is 2.08. The number of aromatic hydroxyl groups is 1. The minimum atomic E-state index is 0.280. The summed E-state index contributed by atoms with van der Waals surface area (Å²) in [7, 11) is 1.91. The molecule has 1 rings (SSSR count). The maximum Gasteiger partial charge on any atom is 0.129 e. The summed E-state index contributed by atoms with van der Waals surface area (Å²) in [6, 6.07) is 5.81. The molecule has 0 aliphatic heterocycles. The summed E-state index contributed by atoms with van der Waals surface area (Å²) >= 11 is 3.27. The Balaban J connectivity index is 2.96. The number of halogens is 1. The van der Waals surface area contributed by atoms with Crippen LogP contribution in [0.1, 0.15) is 18.5 Å². The number of hydrogen-bond donors (Lipinski definition) is 2. The van der Waals surface area contributed by atoms with E-state index in [9.17, 15) is 5.11 Å². The van der Waals surface area contributed by atoms with Crippen molar-refractivity contribution in [1.82, 2.24) is 5.32 Å². The lowest BCUT2D eigenvalue weighted by molar-refractivity contribution is 0.471. The van der Waals surface area contributed by atoms with Crippen LogP contribution in [0.5, 0.6) is 5.75 Å². The SMILES string of the molecule is CN[C@@H](C)c1ccc(O)c(Br)c1. The maximum atomic E-state index is 9.23. The Morgan fingerprint density at radius 2 is 2.17 bits per heavy atom. The van der Waals surface area contributed by atoms with Gasteiger partial charge in [0, 0.05) is 6.04 Å². The molecule has 0 aliphatic rings. The number of rotatable bonds is 2. The molecular formula is C9H12BrNO. The molecule has 2 nitrogen and oxygen atoms in total. The highest BCUT2D eigenvalue weighted by Crippen LogP contribution is 2.26. The van der Waals surface area contributed by atoms with Crippen LogP contribution >= 0.6 is 15.9 Å². The third-order valence-corrected chi connectivity index (χ3v) is 2.54. The van der Waals surface area contributed by atoms with Gasteiger partial charge in [0.05, 0.1) is 4.47 Å². The molecule has 0 heterocycles. The monoisotopic (exact) mass is 229 g/mol. The number of hydrogen-bond acceptors (Lipinski definition) is 2. The number of phenols is 1. The molecule has 1 atom stereocenters. The van der Waals surface area contributed by atoms with Gasteiger partial charge in [0.15, 0.2) is 0 Å². The molecule has 12 heavy (non-hydrogen) atoms. The van der Waals surface area contributed by atoms with Gasteiger partial charge in [-0.05, 0) is 47.6 Å². The topological polar surface area (TPSA) is 32.3 Å². The van der Waals surface area contributed by atoms with E-state index in [0.717, 1.165) is 10.0 Å². The van der Waals surface area contributed by atoms with Crippen LogP contribution in [-0.4, -0.2) is 12.2 Å². The minimum Gasteiger partial charge on any atom is -0.507 e. The lowest BCUT2D eigenvalue weighted by atomic mass is 10.1. The molecule has 0 fully saturated rings. The third-order valence-electron chi connectivity index (χ3n) is 1.90. The van der Waals surface area contributed by atoms with Crippen molar-refractivity contribution in [2.24, 2.45) is 0 Å². The highest BCUT2D eigenvalue weighted by Gasteiger charge is 2.04. The fourth-order valence-electron chi connectivity index (χ4n) is 0.959. The highest BCUT2D eigenvalue weighted by atomic mass is 79.9. The number of nitrogens with one attached hydrogen (secondary N) is 1. The molecule has 1 aromatic rings. The molecule has 0 bridgehead atoms. The summed E-state index contributed by atoms with van der Waals surface area (Å²) < 4.78 is 0.738. The molecule has 0 amide bonds. The van der Waals surface area contributed by atoms with Crippen molar-refractivity contribution in [2.45, 2.75) is 13.0 Å². The predicted molar refractivity (Wildman–Crippen MR) is 53.3 cm³/mol. The van der Waals surface area contributed by atoms with Crippen LogP contribution in [-0.2, 0) is 0 Å². The van der Waals surface area contributed by atoms with Crippen molar-refractivity contribution in [1.29, 1.82) is 0 Å². The quantitative estimate of drug-likeness (QED) is 0.817. The molecule has 2 N–H and O–H groups in total. The first kappa shape index (κ1) is 9.55. The van der Waals surface area contributed by atoms with E-state index in [1.54, 1.807) is 6.07 Å². The van der Waals surface area contributed by atoms with Crippen LogP contribution < -0.4 is 5.32 Å². The van der Waals surface area contributed by atoms with Gasteiger partial charge in [-0.2, -0.15) is 0 Å². The van der Waals surface area contributed by atoms with Gasteiger partial charge in [0.25, 0.3) is 0 Å². The molecule has 0 unspecified atom stereocenters. The van der Waals surface area contributed by atoms with E-state index in [4.69, 9.17) is 0 Å². The summed E-state index contributed by atoms with van der Waals surface area (Å²) in [6.07, 6.45) is 0. The van der Waals surface area contributed by atoms with E-state index in [0.29, 0.717) is 6.04 Å². The fraction of sp³-hybridized carbons (Fsp3) is 0.333. The third kappa shape index (κ3) is 1.99. The van der Waals surface area contributed by atoms with Crippen molar-refractivity contribution in [3.8, 4) is 5.75 Å². The molecule has 3 heteroatoms. The van der Waals surface area contributed by atoms with Gasteiger partial charge in [0.2, 0.25) is 0 Å². The Labute approximate surface area is 80.7 Å². The molecule has 0 spiro atoms. The summed E-state index contributed by atoms with van der Waals surface area (Å²) in [6.45, 7) is 2.07. The Kier molecular flexibility index (Phi) is 3.12. The van der Waals surface area contributed by atoms with Crippen molar-refractivity contribution in [3.05, 3.63) is 28.2 Å². The van der Waals surface area contributed by atoms with Gasteiger partial charge in [-0.25, -0.2) is 0 Å². The number of benzene rings is 1. The molecule has 66 valence electrons. The van der Waals surface area contributed by atoms with Crippen molar-refractivity contribution in [3.63, 3.8) is 0 Å². The van der Waals surface area contributed by atoms with Crippen LogP contribution in [0.4, 0.5) is 0 Å². The van der Waals surface area contributed by atoms with E-state index in [1.165, 1.54) is 0 Å². The van der Waals surface area contributed by atoms with Gasteiger partial charge >= 0.3 is 0 Å².